The van der Waals surface area contributed by atoms with Gasteiger partial charge in [0.05, 0.1) is 12.7 Å². The first-order valence-electron chi connectivity index (χ1n) is 7.51. The van der Waals surface area contributed by atoms with Gasteiger partial charge in [-0.1, -0.05) is 0 Å². The summed E-state index contributed by atoms with van der Waals surface area (Å²) < 4.78 is 2.02. The summed E-state index contributed by atoms with van der Waals surface area (Å²) in [4.78, 5) is 4.66. The molecule has 0 spiro atoms. The van der Waals surface area contributed by atoms with Crippen LogP contribution >= 0.6 is 35.7 Å². The average molecular weight is 439 g/mol. The van der Waals surface area contributed by atoms with Crippen LogP contribution in [-0.4, -0.2) is 46.4 Å². The number of rotatable bonds is 8. The molecular formula is C15H30IN5S. The lowest BCUT2D eigenvalue weighted by Gasteiger charge is -2.20. The summed E-state index contributed by atoms with van der Waals surface area (Å²) >= 11 is 1.84. The van der Waals surface area contributed by atoms with Crippen LogP contribution in [-0.2, 0) is 13.5 Å². The van der Waals surface area contributed by atoms with Crippen LogP contribution < -0.4 is 10.6 Å². The Morgan fingerprint density at radius 3 is 2.68 bits per heavy atom. The van der Waals surface area contributed by atoms with Gasteiger partial charge >= 0.3 is 0 Å². The minimum Gasteiger partial charge on any atom is -0.357 e. The highest BCUT2D eigenvalue weighted by atomic mass is 127. The Bertz CT molecular complexity index is 445. The van der Waals surface area contributed by atoms with E-state index in [0.29, 0.717) is 0 Å². The quantitative estimate of drug-likeness (QED) is 0.283. The summed E-state index contributed by atoms with van der Waals surface area (Å²) in [7, 11) is 1.95. The molecule has 0 atom stereocenters. The molecule has 0 aromatic carbocycles. The number of aryl methyl sites for hydroxylation is 2. The summed E-state index contributed by atoms with van der Waals surface area (Å²) in [6.45, 7) is 9.13. The number of nitrogens with one attached hydrogen (secondary N) is 2. The van der Waals surface area contributed by atoms with Crippen LogP contribution in [0.1, 0.15) is 32.8 Å². The maximum absolute atomic E-state index is 4.66. The Balaban J connectivity index is 0.00000441. The van der Waals surface area contributed by atoms with E-state index < -0.39 is 0 Å². The number of thioether (sulfide) groups is 1. The molecule has 0 amide bonds. The molecule has 2 N–H and O–H groups in total. The van der Waals surface area contributed by atoms with E-state index in [9.17, 15) is 0 Å². The Morgan fingerprint density at radius 1 is 1.41 bits per heavy atom. The number of aromatic nitrogens is 2. The highest BCUT2D eigenvalue weighted by Gasteiger charge is 2.15. The van der Waals surface area contributed by atoms with E-state index in [1.807, 2.05) is 29.7 Å². The second-order valence-corrected chi connectivity index (χ2v) is 7.22. The molecule has 1 aromatic heterocycles. The Morgan fingerprint density at radius 2 is 2.14 bits per heavy atom. The third-order valence-corrected chi connectivity index (χ3v) is 4.44. The lowest BCUT2D eigenvalue weighted by molar-refractivity contribution is 0.701. The third-order valence-electron chi connectivity index (χ3n) is 3.21. The van der Waals surface area contributed by atoms with Crippen molar-refractivity contribution in [2.75, 3.05) is 25.9 Å². The van der Waals surface area contributed by atoms with Crippen LogP contribution in [0.15, 0.2) is 17.4 Å². The van der Waals surface area contributed by atoms with Gasteiger partial charge < -0.3 is 10.6 Å². The fraction of sp³-hybridized carbons (Fsp3) is 0.733. The monoisotopic (exact) mass is 439 g/mol. The standard InChI is InChI=1S/C15H29N5S.HI/c1-6-16-14(18-12-15(2,3)21-5)17-9-7-8-13-10-19-20(4)11-13;/h10-11H,6-9,12H2,1-5H3,(H2,16,17,18);1H. The zero-order valence-corrected chi connectivity index (χ0v) is 17.5. The number of hydrogen-bond donors (Lipinski definition) is 2. The van der Waals surface area contributed by atoms with Crippen molar-refractivity contribution in [1.29, 1.82) is 0 Å². The summed E-state index contributed by atoms with van der Waals surface area (Å²) in [6.07, 6.45) is 8.24. The first-order chi connectivity index (χ1) is 9.96. The topological polar surface area (TPSA) is 54.2 Å². The number of halogens is 1. The number of hydrogen-bond acceptors (Lipinski definition) is 3. The van der Waals surface area contributed by atoms with Crippen molar-refractivity contribution in [2.45, 2.75) is 38.4 Å². The van der Waals surface area contributed by atoms with E-state index in [4.69, 9.17) is 0 Å². The highest BCUT2D eigenvalue weighted by Crippen LogP contribution is 2.20. The van der Waals surface area contributed by atoms with Gasteiger partial charge in [0.15, 0.2) is 5.96 Å². The molecule has 5 nitrogen and oxygen atoms in total. The van der Waals surface area contributed by atoms with Gasteiger partial charge in [-0.15, -0.1) is 24.0 Å². The summed E-state index contributed by atoms with van der Waals surface area (Å²) in [5, 5.41) is 10.9. The molecule has 128 valence electrons. The first kappa shape index (κ1) is 21.6. The Kier molecular flexibility index (Phi) is 10.9. The van der Waals surface area contributed by atoms with Crippen LogP contribution in [0.3, 0.4) is 0 Å². The number of aliphatic imine (C=N–C) groups is 1. The zero-order chi connectivity index (χ0) is 15.7. The largest absolute Gasteiger partial charge is 0.357 e. The second-order valence-electron chi connectivity index (χ2n) is 5.71. The molecule has 0 aliphatic rings. The van der Waals surface area contributed by atoms with Gasteiger partial charge in [-0.05, 0) is 45.4 Å². The molecule has 22 heavy (non-hydrogen) atoms. The molecule has 0 saturated heterocycles. The molecule has 0 fully saturated rings. The van der Waals surface area contributed by atoms with Crippen molar-refractivity contribution in [1.82, 2.24) is 20.4 Å². The van der Waals surface area contributed by atoms with Gasteiger partial charge in [-0.2, -0.15) is 16.9 Å². The fourth-order valence-electron chi connectivity index (χ4n) is 1.78. The van der Waals surface area contributed by atoms with Crippen LogP contribution in [0, 0.1) is 0 Å². The molecule has 0 aliphatic heterocycles. The van der Waals surface area contributed by atoms with Crippen molar-refractivity contribution >= 4 is 41.7 Å². The van der Waals surface area contributed by atoms with E-state index in [2.05, 4.69) is 53.9 Å². The van der Waals surface area contributed by atoms with Gasteiger partial charge in [0.2, 0.25) is 0 Å². The van der Waals surface area contributed by atoms with Gasteiger partial charge in [-0.25, -0.2) is 0 Å². The van der Waals surface area contributed by atoms with Gasteiger partial charge in [-0.3, -0.25) is 9.67 Å². The van der Waals surface area contributed by atoms with Crippen molar-refractivity contribution in [3.63, 3.8) is 0 Å². The zero-order valence-electron chi connectivity index (χ0n) is 14.3. The number of guanidine groups is 1. The predicted octanol–water partition coefficient (Wildman–Crippen LogP) is 2.67. The normalized spacial score (nSPS) is 12.0. The van der Waals surface area contributed by atoms with Crippen LogP contribution in [0.2, 0.25) is 0 Å². The van der Waals surface area contributed by atoms with Crippen molar-refractivity contribution < 1.29 is 0 Å². The van der Waals surface area contributed by atoms with Crippen LogP contribution in [0.4, 0.5) is 0 Å². The van der Waals surface area contributed by atoms with E-state index in [1.54, 1.807) is 0 Å². The molecule has 0 aliphatic carbocycles. The summed E-state index contributed by atoms with van der Waals surface area (Å²) in [5.74, 6) is 0.908. The average Bonchev–Trinajstić information content (AvgIpc) is 2.86. The molecule has 1 aromatic rings. The molecule has 7 heteroatoms. The molecule has 0 saturated carbocycles. The van der Waals surface area contributed by atoms with Gasteiger partial charge in [0.25, 0.3) is 0 Å². The third kappa shape index (κ3) is 8.87. The van der Waals surface area contributed by atoms with E-state index in [0.717, 1.165) is 38.4 Å². The van der Waals surface area contributed by atoms with E-state index in [1.165, 1.54) is 5.56 Å². The minimum atomic E-state index is 0. The molecule has 0 radical (unpaired) electrons. The Labute approximate surface area is 156 Å². The maximum atomic E-state index is 4.66. The summed E-state index contributed by atoms with van der Waals surface area (Å²) in [5.41, 5.74) is 1.28. The molecular weight excluding hydrogens is 409 g/mol. The summed E-state index contributed by atoms with van der Waals surface area (Å²) in [6, 6.07) is 0. The molecule has 0 bridgehead atoms. The van der Waals surface area contributed by atoms with E-state index in [-0.39, 0.29) is 28.7 Å². The van der Waals surface area contributed by atoms with Crippen molar-refractivity contribution in [2.24, 2.45) is 12.0 Å². The highest BCUT2D eigenvalue weighted by molar-refractivity contribution is 14.0. The van der Waals surface area contributed by atoms with Gasteiger partial charge in [0, 0.05) is 31.1 Å². The predicted molar refractivity (Wildman–Crippen MR) is 109 cm³/mol. The van der Waals surface area contributed by atoms with Crippen LogP contribution in [0.25, 0.3) is 0 Å². The van der Waals surface area contributed by atoms with Crippen molar-refractivity contribution in [3.8, 4) is 0 Å². The van der Waals surface area contributed by atoms with Crippen molar-refractivity contribution in [3.05, 3.63) is 18.0 Å². The number of nitrogens with zero attached hydrogens (tertiary/aromatic N) is 3. The SMILES string of the molecule is CCNC(=NCC(C)(C)SC)NCCCc1cnn(C)c1.I. The molecule has 0 unspecified atom stereocenters. The van der Waals surface area contributed by atoms with Crippen LogP contribution in [0.5, 0.6) is 0 Å². The Hall–Kier alpha value is -0.440. The first-order valence-corrected chi connectivity index (χ1v) is 8.74. The second kappa shape index (κ2) is 11.2. The lowest BCUT2D eigenvalue weighted by atomic mass is 10.2. The lowest BCUT2D eigenvalue weighted by Crippen LogP contribution is -2.39. The maximum Gasteiger partial charge on any atom is 0.191 e. The minimum absolute atomic E-state index is 0. The van der Waals surface area contributed by atoms with Gasteiger partial charge in [0.1, 0.15) is 0 Å². The molecule has 1 rings (SSSR count). The molecule has 1 heterocycles. The smallest absolute Gasteiger partial charge is 0.191 e. The van der Waals surface area contributed by atoms with E-state index >= 15 is 0 Å². The fourth-order valence-corrected chi connectivity index (χ4v) is 1.97.